The second-order valence-electron chi connectivity index (χ2n) is 11.7. The van der Waals surface area contributed by atoms with Gasteiger partial charge in [0.2, 0.25) is 0 Å². The van der Waals surface area contributed by atoms with Gasteiger partial charge in [0.05, 0.1) is 19.4 Å². The second kappa shape index (κ2) is 14.3. The number of aliphatic carboxylic acids is 2. The summed E-state index contributed by atoms with van der Waals surface area (Å²) in [6.07, 6.45) is 2.41. The molecule has 0 heterocycles. The zero-order valence-electron chi connectivity index (χ0n) is 25.4. The first-order chi connectivity index (χ1) is 19.9. The molecule has 0 amide bonds. The van der Waals surface area contributed by atoms with Gasteiger partial charge in [-0.25, -0.2) is 4.39 Å². The van der Waals surface area contributed by atoms with Crippen LogP contribution in [0.25, 0.3) is 11.1 Å². The van der Waals surface area contributed by atoms with Crippen LogP contribution in [0, 0.1) is 17.2 Å². The van der Waals surface area contributed by atoms with E-state index < -0.39 is 35.0 Å². The summed E-state index contributed by atoms with van der Waals surface area (Å²) in [6, 6.07) is 17.7. The van der Waals surface area contributed by atoms with Crippen LogP contribution in [0.5, 0.6) is 11.5 Å². The van der Waals surface area contributed by atoms with Gasteiger partial charge in [-0.15, -0.1) is 0 Å². The minimum atomic E-state index is -0.917. The molecule has 0 radical (unpaired) electrons. The summed E-state index contributed by atoms with van der Waals surface area (Å²) in [5.41, 5.74) is 3.03. The van der Waals surface area contributed by atoms with Gasteiger partial charge in [-0.3, -0.25) is 9.59 Å². The van der Waals surface area contributed by atoms with Crippen molar-refractivity contribution in [3.05, 3.63) is 83.2 Å². The number of hydrogen-bond donors (Lipinski definition) is 2. The number of halogens is 1. The maximum atomic E-state index is 15.2. The van der Waals surface area contributed by atoms with Crippen molar-refractivity contribution >= 4 is 11.9 Å². The number of carboxylic acid groups (broad SMARTS) is 2. The van der Waals surface area contributed by atoms with E-state index in [4.69, 9.17) is 9.47 Å². The third-order valence-electron chi connectivity index (χ3n) is 8.35. The van der Waals surface area contributed by atoms with Gasteiger partial charge < -0.3 is 19.7 Å². The normalized spacial score (nSPS) is 13.7. The zero-order chi connectivity index (χ0) is 31.0. The summed E-state index contributed by atoms with van der Waals surface area (Å²) in [5, 5.41) is 19.5. The first kappa shape index (κ1) is 32.6. The molecule has 42 heavy (non-hydrogen) atoms. The average molecular weight is 579 g/mol. The van der Waals surface area contributed by atoms with E-state index in [1.165, 1.54) is 13.2 Å². The van der Waals surface area contributed by atoms with Crippen LogP contribution in [-0.2, 0) is 16.2 Å². The quantitative estimate of drug-likeness (QED) is 0.187. The van der Waals surface area contributed by atoms with Crippen molar-refractivity contribution < 1.29 is 33.7 Å². The Bertz CT molecular complexity index is 1380. The number of carboxylic acids is 2. The Morgan fingerprint density at radius 1 is 0.952 bits per heavy atom. The molecular weight excluding hydrogens is 535 g/mol. The van der Waals surface area contributed by atoms with Gasteiger partial charge in [0.15, 0.2) is 0 Å². The Kier molecular flexibility index (Phi) is 11.1. The van der Waals surface area contributed by atoms with Crippen LogP contribution in [0.15, 0.2) is 60.7 Å². The molecule has 0 fully saturated rings. The second-order valence-corrected chi connectivity index (χ2v) is 11.7. The van der Waals surface area contributed by atoms with E-state index >= 15 is 4.39 Å². The molecule has 0 aliphatic rings. The fraction of sp³-hybridized carbons (Fsp3) is 0.429. The molecule has 0 saturated heterocycles. The highest BCUT2D eigenvalue weighted by molar-refractivity contribution is 5.75. The van der Waals surface area contributed by atoms with Crippen molar-refractivity contribution in [1.82, 2.24) is 0 Å². The Labute approximate surface area is 248 Å². The lowest BCUT2D eigenvalue weighted by atomic mass is 9.66. The molecule has 6 nitrogen and oxygen atoms in total. The molecule has 226 valence electrons. The third-order valence-corrected chi connectivity index (χ3v) is 8.35. The van der Waals surface area contributed by atoms with Gasteiger partial charge in [0.25, 0.3) is 0 Å². The number of rotatable bonds is 15. The van der Waals surface area contributed by atoms with Crippen molar-refractivity contribution in [3.8, 4) is 22.6 Å². The number of carbonyl (C=O) groups is 2. The molecule has 0 aliphatic heterocycles. The molecule has 3 atom stereocenters. The number of benzene rings is 3. The van der Waals surface area contributed by atoms with E-state index in [1.54, 1.807) is 19.1 Å². The summed E-state index contributed by atoms with van der Waals surface area (Å²) < 4.78 is 26.8. The zero-order valence-corrected chi connectivity index (χ0v) is 25.4. The van der Waals surface area contributed by atoms with Gasteiger partial charge in [-0.1, -0.05) is 77.8 Å². The van der Waals surface area contributed by atoms with Crippen molar-refractivity contribution in [2.45, 2.75) is 78.7 Å². The lowest BCUT2D eigenvalue weighted by Gasteiger charge is -2.38. The minimum absolute atomic E-state index is 0.0549. The first-order valence-electron chi connectivity index (χ1n) is 14.6. The van der Waals surface area contributed by atoms with Gasteiger partial charge in [-0.05, 0) is 70.3 Å². The molecule has 1 unspecified atom stereocenters. The smallest absolute Gasteiger partial charge is 0.306 e. The standard InChI is InChI=1S/C35H43FO6/c1-7-10-24(19-32(37)38)25-11-9-12-27(18-25)42-21-23-13-15-28(29-20-26(41-6)14-16-31(29)36)30(17-23)33(22(3)34(39)40)35(4,5)8-2/h9,11-18,20,22,24,33H,7-8,10,19,21H2,1-6H3,(H,37,38)(H,39,40)/t22?,24-,33-/m0/s1. The maximum absolute atomic E-state index is 15.2. The summed E-state index contributed by atoms with van der Waals surface area (Å²) in [4.78, 5) is 23.7. The highest BCUT2D eigenvalue weighted by Gasteiger charge is 2.38. The van der Waals surface area contributed by atoms with Crippen LogP contribution >= 0.6 is 0 Å². The molecule has 0 aromatic heterocycles. The van der Waals surface area contributed by atoms with Gasteiger partial charge >= 0.3 is 11.9 Å². The molecule has 7 heteroatoms. The van der Waals surface area contributed by atoms with Crippen LogP contribution in [0.1, 0.15) is 88.8 Å². The van der Waals surface area contributed by atoms with Crippen LogP contribution < -0.4 is 9.47 Å². The Hall–Kier alpha value is -3.87. The lowest BCUT2D eigenvalue weighted by Crippen LogP contribution is -2.31. The van der Waals surface area contributed by atoms with E-state index in [1.807, 2.05) is 70.2 Å². The van der Waals surface area contributed by atoms with Crippen LogP contribution in [0.4, 0.5) is 4.39 Å². The molecule has 0 saturated carbocycles. The Morgan fingerprint density at radius 3 is 2.31 bits per heavy atom. The fourth-order valence-corrected chi connectivity index (χ4v) is 5.74. The molecular formula is C35H43FO6. The Balaban J connectivity index is 2.07. The highest BCUT2D eigenvalue weighted by Crippen LogP contribution is 2.47. The van der Waals surface area contributed by atoms with E-state index in [0.717, 1.165) is 36.0 Å². The molecule has 0 spiro atoms. The molecule has 0 aliphatic carbocycles. The first-order valence-corrected chi connectivity index (χ1v) is 14.6. The van der Waals surface area contributed by atoms with Crippen molar-refractivity contribution in [2.75, 3.05) is 7.11 Å². The van der Waals surface area contributed by atoms with E-state index in [2.05, 4.69) is 0 Å². The highest BCUT2D eigenvalue weighted by atomic mass is 19.1. The van der Waals surface area contributed by atoms with Crippen LogP contribution in [0.3, 0.4) is 0 Å². The fourth-order valence-electron chi connectivity index (χ4n) is 5.74. The van der Waals surface area contributed by atoms with E-state index in [-0.39, 0.29) is 18.9 Å². The van der Waals surface area contributed by atoms with Gasteiger partial charge in [-0.2, -0.15) is 0 Å². The Morgan fingerprint density at radius 2 is 1.69 bits per heavy atom. The third kappa shape index (κ3) is 7.90. The molecule has 0 bridgehead atoms. The topological polar surface area (TPSA) is 93.1 Å². The van der Waals surface area contributed by atoms with E-state index in [9.17, 15) is 19.8 Å². The van der Waals surface area contributed by atoms with Crippen molar-refractivity contribution in [2.24, 2.45) is 11.3 Å². The average Bonchev–Trinajstić information content (AvgIpc) is 2.96. The number of methoxy groups -OCH3 is 1. The van der Waals surface area contributed by atoms with Crippen LogP contribution in [0.2, 0.25) is 0 Å². The summed E-state index contributed by atoms with van der Waals surface area (Å²) in [6.45, 7) is 10.1. The largest absolute Gasteiger partial charge is 0.497 e. The summed E-state index contributed by atoms with van der Waals surface area (Å²) >= 11 is 0. The summed E-state index contributed by atoms with van der Waals surface area (Å²) in [5.74, 6) is -2.30. The van der Waals surface area contributed by atoms with E-state index in [0.29, 0.717) is 22.6 Å². The maximum Gasteiger partial charge on any atom is 0.306 e. The predicted molar refractivity (Wildman–Crippen MR) is 163 cm³/mol. The molecule has 3 aromatic carbocycles. The number of hydrogen-bond acceptors (Lipinski definition) is 4. The molecule has 2 N–H and O–H groups in total. The molecule has 3 rings (SSSR count). The lowest BCUT2D eigenvalue weighted by molar-refractivity contribution is -0.143. The SMILES string of the molecule is CCC[C@@H](CC(=O)O)c1cccc(OCc2ccc(-c3cc(OC)ccc3F)c([C@H](C(C)C(=O)O)C(C)(C)CC)c2)c1. The van der Waals surface area contributed by atoms with Crippen molar-refractivity contribution in [1.29, 1.82) is 0 Å². The van der Waals surface area contributed by atoms with Gasteiger partial charge in [0, 0.05) is 11.5 Å². The van der Waals surface area contributed by atoms with Gasteiger partial charge in [0.1, 0.15) is 23.9 Å². The predicted octanol–water partition coefficient (Wildman–Crippen LogP) is 8.68. The van der Waals surface area contributed by atoms with Crippen molar-refractivity contribution in [3.63, 3.8) is 0 Å². The molecule has 3 aromatic rings. The monoisotopic (exact) mass is 578 g/mol. The van der Waals surface area contributed by atoms with Crippen LogP contribution in [-0.4, -0.2) is 29.3 Å². The number of ether oxygens (including phenoxy) is 2. The summed E-state index contributed by atoms with van der Waals surface area (Å²) in [7, 11) is 1.52. The minimum Gasteiger partial charge on any atom is -0.497 e.